The first-order valence-electron chi connectivity index (χ1n) is 5.78. The third kappa shape index (κ3) is 1.76. The van der Waals surface area contributed by atoms with Crippen molar-refractivity contribution in [3.05, 3.63) is 78.1 Å². The van der Waals surface area contributed by atoms with E-state index in [2.05, 4.69) is 0 Å². The van der Waals surface area contributed by atoms with Crippen LogP contribution >= 0.6 is 0 Å². The van der Waals surface area contributed by atoms with Gasteiger partial charge >= 0.3 is 0 Å². The first-order chi connectivity index (χ1) is 8.86. The van der Waals surface area contributed by atoms with Gasteiger partial charge in [-0.05, 0) is 24.3 Å². The molecule has 0 aliphatic rings. The van der Waals surface area contributed by atoms with Gasteiger partial charge in [-0.15, -0.1) is 4.68 Å². The van der Waals surface area contributed by atoms with E-state index in [9.17, 15) is 5.21 Å². The molecule has 0 N–H and O–H groups in total. The molecule has 1 heterocycles. The standard InChI is InChI=1S/C15H12N2O/c18-17-15(13-7-3-1-4-8-13)11-12-16(17)14-9-5-2-6-10-14/h1-12H. The van der Waals surface area contributed by atoms with Gasteiger partial charge in [0.2, 0.25) is 0 Å². The second kappa shape index (κ2) is 4.37. The molecule has 0 aliphatic heterocycles. The summed E-state index contributed by atoms with van der Waals surface area (Å²) in [6.07, 6.45) is 1.78. The quantitative estimate of drug-likeness (QED) is 0.497. The summed E-state index contributed by atoms with van der Waals surface area (Å²) < 4.78 is 1.59. The topological polar surface area (TPSA) is 31.9 Å². The monoisotopic (exact) mass is 236 g/mol. The minimum absolute atomic E-state index is 0.652. The van der Waals surface area contributed by atoms with Crippen molar-refractivity contribution in [2.75, 3.05) is 0 Å². The van der Waals surface area contributed by atoms with Crippen LogP contribution in [-0.2, 0) is 0 Å². The Bertz CT molecular complexity index is 588. The lowest BCUT2D eigenvalue weighted by Crippen LogP contribution is -2.37. The summed E-state index contributed by atoms with van der Waals surface area (Å²) in [4.78, 5) is 0.907. The molecule has 0 atom stereocenters. The highest BCUT2D eigenvalue weighted by Gasteiger charge is 2.14. The Morgan fingerprint density at radius 3 is 2.06 bits per heavy atom. The van der Waals surface area contributed by atoms with Gasteiger partial charge in [-0.2, -0.15) is 0 Å². The number of nitrogens with zero attached hydrogens (tertiary/aromatic N) is 2. The first-order valence-corrected chi connectivity index (χ1v) is 5.78. The maximum atomic E-state index is 12.2. The Morgan fingerprint density at radius 2 is 1.39 bits per heavy atom. The Balaban J connectivity index is 2.09. The van der Waals surface area contributed by atoms with Crippen molar-refractivity contribution in [1.82, 2.24) is 4.68 Å². The summed E-state index contributed by atoms with van der Waals surface area (Å²) in [5.41, 5.74) is 2.43. The van der Waals surface area contributed by atoms with E-state index in [1.54, 1.807) is 10.9 Å². The molecule has 0 amide bonds. The minimum Gasteiger partial charge on any atom is -0.595 e. The van der Waals surface area contributed by atoms with Crippen molar-refractivity contribution in [3.8, 4) is 16.9 Å². The smallest absolute Gasteiger partial charge is 0.251 e. The molecule has 3 rings (SSSR count). The van der Waals surface area contributed by atoms with Crippen LogP contribution in [-0.4, -0.2) is 4.68 Å². The van der Waals surface area contributed by atoms with Crippen molar-refractivity contribution >= 4 is 0 Å². The number of benzene rings is 2. The van der Waals surface area contributed by atoms with Crippen molar-refractivity contribution in [3.63, 3.8) is 0 Å². The first kappa shape index (κ1) is 10.6. The average molecular weight is 236 g/mol. The molecule has 0 radical (unpaired) electrons. The molecule has 3 aromatic rings. The van der Waals surface area contributed by atoms with Crippen LogP contribution in [0.3, 0.4) is 0 Å². The van der Waals surface area contributed by atoms with Crippen LogP contribution in [0.1, 0.15) is 0 Å². The molecule has 88 valence electrons. The van der Waals surface area contributed by atoms with Gasteiger partial charge in [0.25, 0.3) is 5.69 Å². The highest BCUT2D eigenvalue weighted by atomic mass is 16.5. The molecule has 2 aromatic carbocycles. The highest BCUT2D eigenvalue weighted by Crippen LogP contribution is 2.16. The Labute approximate surface area is 105 Å². The summed E-state index contributed by atoms with van der Waals surface area (Å²) in [6.45, 7) is 0. The molecular formula is C15H12N2O. The fourth-order valence-electron chi connectivity index (χ4n) is 1.97. The third-order valence-corrected chi connectivity index (χ3v) is 2.87. The van der Waals surface area contributed by atoms with Gasteiger partial charge in [0.05, 0.1) is 11.8 Å². The molecule has 3 nitrogen and oxygen atoms in total. The van der Waals surface area contributed by atoms with E-state index in [-0.39, 0.29) is 0 Å². The van der Waals surface area contributed by atoms with E-state index in [0.717, 1.165) is 16.1 Å². The average Bonchev–Trinajstić information content (AvgIpc) is 2.83. The van der Waals surface area contributed by atoms with Gasteiger partial charge in [-0.25, -0.2) is 0 Å². The van der Waals surface area contributed by atoms with Crippen molar-refractivity contribution in [2.24, 2.45) is 0 Å². The lowest BCUT2D eigenvalue weighted by molar-refractivity contribution is -0.673. The zero-order valence-corrected chi connectivity index (χ0v) is 9.73. The highest BCUT2D eigenvalue weighted by molar-refractivity contribution is 5.55. The number of aromatic nitrogens is 2. The second-order valence-corrected chi connectivity index (χ2v) is 4.02. The summed E-state index contributed by atoms with van der Waals surface area (Å²) in [5.74, 6) is 0. The SMILES string of the molecule is [O-][n+]1c(-c2ccccc2)ccn1-c1ccccc1. The van der Waals surface area contributed by atoms with Crippen LogP contribution in [0, 0.1) is 5.21 Å². The van der Waals surface area contributed by atoms with Gasteiger partial charge in [-0.3, -0.25) is 0 Å². The van der Waals surface area contributed by atoms with Crippen LogP contribution in [0.2, 0.25) is 0 Å². The zero-order chi connectivity index (χ0) is 12.4. The summed E-state index contributed by atoms with van der Waals surface area (Å²) in [7, 11) is 0. The molecule has 0 unspecified atom stereocenters. The van der Waals surface area contributed by atoms with Gasteiger partial charge in [0.1, 0.15) is 5.69 Å². The van der Waals surface area contributed by atoms with E-state index in [0.29, 0.717) is 5.69 Å². The van der Waals surface area contributed by atoms with Crippen LogP contribution < -0.4 is 4.85 Å². The zero-order valence-electron chi connectivity index (χ0n) is 9.73. The van der Waals surface area contributed by atoms with Gasteiger partial charge in [-0.1, -0.05) is 41.2 Å². The summed E-state index contributed by atoms with van der Waals surface area (Å²) in [6, 6.07) is 21.0. The maximum absolute atomic E-state index is 12.2. The van der Waals surface area contributed by atoms with E-state index < -0.39 is 0 Å². The molecule has 0 saturated heterocycles. The van der Waals surface area contributed by atoms with E-state index in [4.69, 9.17) is 0 Å². The number of hydrogen-bond donors (Lipinski definition) is 0. The molecule has 1 aromatic heterocycles. The number of para-hydroxylation sites is 1. The predicted octanol–water partition coefficient (Wildman–Crippen LogP) is 2.78. The number of rotatable bonds is 2. The van der Waals surface area contributed by atoms with Crippen molar-refractivity contribution in [2.45, 2.75) is 0 Å². The fourth-order valence-corrected chi connectivity index (χ4v) is 1.97. The third-order valence-electron chi connectivity index (χ3n) is 2.87. The van der Waals surface area contributed by atoms with Gasteiger partial charge in [0.15, 0.2) is 0 Å². The van der Waals surface area contributed by atoms with E-state index in [1.807, 2.05) is 66.7 Å². The molecule has 3 heteroatoms. The Kier molecular flexibility index (Phi) is 2.57. The van der Waals surface area contributed by atoms with Crippen LogP contribution in [0.4, 0.5) is 0 Å². The predicted molar refractivity (Wildman–Crippen MR) is 70.2 cm³/mol. The van der Waals surface area contributed by atoms with Crippen LogP contribution in [0.15, 0.2) is 72.9 Å². The molecule has 0 fully saturated rings. The lowest BCUT2D eigenvalue weighted by atomic mass is 10.2. The molecule has 0 saturated carbocycles. The Morgan fingerprint density at radius 1 is 0.778 bits per heavy atom. The largest absolute Gasteiger partial charge is 0.595 e. The number of hydrogen-bond acceptors (Lipinski definition) is 1. The van der Waals surface area contributed by atoms with Crippen LogP contribution in [0.5, 0.6) is 0 Å². The van der Waals surface area contributed by atoms with Crippen LogP contribution in [0.25, 0.3) is 16.9 Å². The normalized spacial score (nSPS) is 10.4. The second-order valence-electron chi connectivity index (χ2n) is 4.02. The van der Waals surface area contributed by atoms with Crippen molar-refractivity contribution in [1.29, 1.82) is 0 Å². The van der Waals surface area contributed by atoms with Crippen molar-refractivity contribution < 1.29 is 4.85 Å². The molecular weight excluding hydrogens is 224 g/mol. The molecule has 0 bridgehead atoms. The summed E-state index contributed by atoms with van der Waals surface area (Å²) in [5, 5.41) is 12.2. The molecule has 18 heavy (non-hydrogen) atoms. The van der Waals surface area contributed by atoms with E-state index in [1.165, 1.54) is 0 Å². The van der Waals surface area contributed by atoms with Gasteiger partial charge < -0.3 is 5.21 Å². The van der Waals surface area contributed by atoms with Gasteiger partial charge in [0, 0.05) is 6.07 Å². The Hall–Kier alpha value is -2.55. The fraction of sp³-hybridized carbons (Fsp3) is 0. The minimum atomic E-state index is 0.652. The molecule has 0 spiro atoms. The maximum Gasteiger partial charge on any atom is 0.251 e. The van der Waals surface area contributed by atoms with E-state index >= 15 is 0 Å². The summed E-state index contributed by atoms with van der Waals surface area (Å²) >= 11 is 0. The molecule has 0 aliphatic carbocycles. The lowest BCUT2D eigenvalue weighted by Gasteiger charge is -2.04.